The fraction of sp³-hybridized carbons (Fsp3) is 0.292. The van der Waals surface area contributed by atoms with E-state index < -0.39 is 0 Å². The van der Waals surface area contributed by atoms with Crippen molar-refractivity contribution < 1.29 is 9.47 Å². The number of benzene rings is 2. The van der Waals surface area contributed by atoms with E-state index in [1.165, 1.54) is 0 Å². The minimum atomic E-state index is 0.0819. The van der Waals surface area contributed by atoms with Crippen molar-refractivity contribution in [1.82, 2.24) is 5.32 Å². The third kappa shape index (κ3) is 8.21. The number of methoxy groups -OCH3 is 2. The Morgan fingerprint density at radius 2 is 1.50 bits per heavy atom. The summed E-state index contributed by atoms with van der Waals surface area (Å²) in [6.07, 6.45) is 8.07. The molecular formula is C24H32N4O2. The van der Waals surface area contributed by atoms with Crippen molar-refractivity contribution in [2.24, 2.45) is 16.5 Å². The Kier molecular flexibility index (Phi) is 10.4. The maximum atomic E-state index is 5.87. The van der Waals surface area contributed by atoms with E-state index in [9.17, 15) is 0 Å². The zero-order valence-corrected chi connectivity index (χ0v) is 17.8. The molecule has 0 fully saturated rings. The maximum absolute atomic E-state index is 5.87. The van der Waals surface area contributed by atoms with Crippen LogP contribution < -0.4 is 26.3 Å². The SMILES string of the molecule is COc1ccc(/C=C/C(CN)=NCCNC(/C=C/c2ccc(OC)cc2)CN)cc1. The highest BCUT2D eigenvalue weighted by atomic mass is 16.5. The molecule has 0 aliphatic heterocycles. The molecule has 0 radical (unpaired) electrons. The lowest BCUT2D eigenvalue weighted by molar-refractivity contribution is 0.414. The summed E-state index contributed by atoms with van der Waals surface area (Å²) in [5.74, 6) is 1.68. The third-order valence-electron chi connectivity index (χ3n) is 4.52. The monoisotopic (exact) mass is 408 g/mol. The molecule has 6 nitrogen and oxygen atoms in total. The summed E-state index contributed by atoms with van der Waals surface area (Å²) in [4.78, 5) is 4.57. The van der Waals surface area contributed by atoms with Crippen molar-refractivity contribution in [2.45, 2.75) is 6.04 Å². The summed E-state index contributed by atoms with van der Waals surface area (Å²) >= 11 is 0. The normalized spacial score (nSPS) is 13.1. The predicted octanol–water partition coefficient (Wildman–Crippen LogP) is 2.75. The highest BCUT2D eigenvalue weighted by molar-refractivity contribution is 5.99. The molecule has 1 unspecified atom stereocenters. The van der Waals surface area contributed by atoms with Gasteiger partial charge in [-0.25, -0.2) is 0 Å². The van der Waals surface area contributed by atoms with E-state index in [0.717, 1.165) is 28.3 Å². The number of hydrogen-bond acceptors (Lipinski definition) is 6. The molecule has 0 amide bonds. The first-order valence-corrected chi connectivity index (χ1v) is 9.99. The standard InChI is InChI=1S/C24H32N4O2/c1-29-23-11-5-19(6-12-23)3-9-21(17-25)27-15-16-28-22(18-26)10-4-20-7-13-24(30-2)14-8-20/h3-14,21,27H,15-18,25-26H2,1-2H3/b9-3+,10-4+,28-22?. The molecule has 2 aromatic carbocycles. The Hall–Kier alpha value is -2.93. The Bertz CT molecular complexity index is 827. The van der Waals surface area contributed by atoms with Crippen LogP contribution in [0.3, 0.4) is 0 Å². The Labute approximate surface area is 179 Å². The second kappa shape index (κ2) is 13.3. The van der Waals surface area contributed by atoms with Gasteiger partial charge >= 0.3 is 0 Å². The van der Waals surface area contributed by atoms with E-state index in [4.69, 9.17) is 20.9 Å². The molecule has 160 valence electrons. The Morgan fingerprint density at radius 3 is 2.00 bits per heavy atom. The number of nitrogens with two attached hydrogens (primary N) is 2. The topological polar surface area (TPSA) is 94.9 Å². The largest absolute Gasteiger partial charge is 0.497 e. The molecule has 0 spiro atoms. The van der Waals surface area contributed by atoms with E-state index >= 15 is 0 Å². The van der Waals surface area contributed by atoms with Crippen LogP contribution in [0.4, 0.5) is 0 Å². The van der Waals surface area contributed by atoms with Crippen molar-refractivity contribution in [3.8, 4) is 11.5 Å². The lowest BCUT2D eigenvalue weighted by Gasteiger charge is -2.12. The number of rotatable bonds is 12. The van der Waals surface area contributed by atoms with Crippen LogP contribution in [0.1, 0.15) is 11.1 Å². The first-order valence-electron chi connectivity index (χ1n) is 9.99. The Morgan fingerprint density at radius 1 is 0.933 bits per heavy atom. The summed E-state index contributed by atoms with van der Waals surface area (Å²) in [7, 11) is 3.31. The molecular weight excluding hydrogens is 376 g/mol. The van der Waals surface area contributed by atoms with Gasteiger partial charge in [0.05, 0.1) is 20.8 Å². The van der Waals surface area contributed by atoms with Gasteiger partial charge in [0.25, 0.3) is 0 Å². The molecule has 0 heterocycles. The molecule has 0 aromatic heterocycles. The van der Waals surface area contributed by atoms with Crippen LogP contribution in [0.25, 0.3) is 12.2 Å². The van der Waals surface area contributed by atoms with Gasteiger partial charge in [0.15, 0.2) is 0 Å². The van der Waals surface area contributed by atoms with Gasteiger partial charge in [-0.2, -0.15) is 0 Å². The van der Waals surface area contributed by atoms with Crippen LogP contribution in [-0.2, 0) is 0 Å². The fourth-order valence-electron chi connectivity index (χ4n) is 2.71. The molecule has 0 aliphatic carbocycles. The lowest BCUT2D eigenvalue weighted by atomic mass is 10.1. The quantitative estimate of drug-likeness (QED) is 0.371. The summed E-state index contributed by atoms with van der Waals surface area (Å²) < 4.78 is 10.3. The van der Waals surface area contributed by atoms with E-state index in [0.29, 0.717) is 26.2 Å². The number of ether oxygens (including phenoxy) is 2. The molecule has 1 atom stereocenters. The molecule has 0 aliphatic rings. The number of nitrogens with one attached hydrogen (secondary N) is 1. The molecule has 2 rings (SSSR count). The van der Waals surface area contributed by atoms with Crippen molar-refractivity contribution in [3.05, 3.63) is 71.8 Å². The van der Waals surface area contributed by atoms with Crippen LogP contribution in [0.2, 0.25) is 0 Å². The van der Waals surface area contributed by atoms with Crippen molar-refractivity contribution >= 4 is 17.9 Å². The van der Waals surface area contributed by atoms with Gasteiger partial charge in [-0.3, -0.25) is 4.99 Å². The van der Waals surface area contributed by atoms with Crippen LogP contribution >= 0.6 is 0 Å². The van der Waals surface area contributed by atoms with E-state index in [1.54, 1.807) is 14.2 Å². The van der Waals surface area contributed by atoms with Crippen LogP contribution in [0, 0.1) is 0 Å². The first-order chi connectivity index (χ1) is 14.7. The highest BCUT2D eigenvalue weighted by Gasteiger charge is 2.01. The fourth-order valence-corrected chi connectivity index (χ4v) is 2.71. The molecule has 0 saturated carbocycles. The summed E-state index contributed by atoms with van der Waals surface area (Å²) in [5.41, 5.74) is 14.7. The van der Waals surface area contributed by atoms with Crippen LogP contribution in [0.5, 0.6) is 11.5 Å². The van der Waals surface area contributed by atoms with Gasteiger partial charge in [0.2, 0.25) is 0 Å². The van der Waals surface area contributed by atoms with E-state index in [1.807, 2.05) is 60.7 Å². The second-order valence-electron chi connectivity index (χ2n) is 6.61. The zero-order chi connectivity index (χ0) is 21.6. The van der Waals surface area contributed by atoms with Crippen LogP contribution in [0.15, 0.2) is 65.7 Å². The summed E-state index contributed by atoms with van der Waals surface area (Å²) in [5, 5.41) is 3.41. The van der Waals surface area contributed by atoms with Gasteiger partial charge in [-0.15, -0.1) is 0 Å². The smallest absolute Gasteiger partial charge is 0.118 e. The van der Waals surface area contributed by atoms with Gasteiger partial charge in [0.1, 0.15) is 11.5 Å². The molecule has 30 heavy (non-hydrogen) atoms. The first kappa shape index (κ1) is 23.3. The average molecular weight is 409 g/mol. The molecule has 6 heteroatoms. The van der Waals surface area contributed by atoms with Gasteiger partial charge in [-0.05, 0) is 41.5 Å². The summed E-state index contributed by atoms with van der Waals surface area (Å²) in [6, 6.07) is 15.8. The van der Waals surface area contributed by atoms with E-state index in [2.05, 4.69) is 22.5 Å². The van der Waals surface area contributed by atoms with Crippen LogP contribution in [-0.4, -0.2) is 52.2 Å². The van der Waals surface area contributed by atoms with Gasteiger partial charge in [-0.1, -0.05) is 42.5 Å². The lowest BCUT2D eigenvalue weighted by Crippen LogP contribution is -2.36. The molecule has 2 aromatic rings. The second-order valence-corrected chi connectivity index (χ2v) is 6.61. The average Bonchev–Trinajstić information content (AvgIpc) is 2.81. The number of nitrogens with zero attached hydrogens (tertiary/aromatic N) is 1. The van der Waals surface area contributed by atoms with Gasteiger partial charge < -0.3 is 26.3 Å². The minimum Gasteiger partial charge on any atom is -0.497 e. The highest BCUT2D eigenvalue weighted by Crippen LogP contribution is 2.13. The molecule has 5 N–H and O–H groups in total. The number of aliphatic imine (C=N–C) groups is 1. The zero-order valence-electron chi connectivity index (χ0n) is 17.8. The maximum Gasteiger partial charge on any atom is 0.118 e. The predicted molar refractivity (Wildman–Crippen MR) is 126 cm³/mol. The Balaban J connectivity index is 1.82. The van der Waals surface area contributed by atoms with Crippen molar-refractivity contribution in [2.75, 3.05) is 40.4 Å². The third-order valence-corrected chi connectivity index (χ3v) is 4.52. The summed E-state index contributed by atoms with van der Waals surface area (Å²) in [6.45, 7) is 2.25. The molecule has 0 bridgehead atoms. The van der Waals surface area contributed by atoms with Crippen molar-refractivity contribution in [3.63, 3.8) is 0 Å². The van der Waals surface area contributed by atoms with Crippen molar-refractivity contribution in [1.29, 1.82) is 0 Å². The van der Waals surface area contributed by atoms with Gasteiger partial charge in [0, 0.05) is 31.4 Å². The minimum absolute atomic E-state index is 0.0819. The van der Waals surface area contributed by atoms with E-state index in [-0.39, 0.29) is 6.04 Å². The number of hydrogen-bond donors (Lipinski definition) is 3. The molecule has 0 saturated heterocycles.